The smallest absolute Gasteiger partial charge is 0.327 e. The first-order valence-corrected chi connectivity index (χ1v) is 4.69. The number of hydrogen-bond acceptors (Lipinski definition) is 5. The van der Waals surface area contributed by atoms with E-state index in [0.717, 1.165) is 0 Å². The fourth-order valence-electron chi connectivity index (χ4n) is 1.31. The van der Waals surface area contributed by atoms with Crippen LogP contribution in [0.3, 0.4) is 0 Å². The van der Waals surface area contributed by atoms with E-state index in [-0.39, 0.29) is 12.4 Å². The van der Waals surface area contributed by atoms with Gasteiger partial charge in [-0.2, -0.15) is 0 Å². The zero-order valence-corrected chi connectivity index (χ0v) is 10.7. The molecule has 0 bridgehead atoms. The SMILES string of the molecule is COC(=O)[C@@H](N)c1ccc(OC)c(OC)c1.Cl. The van der Waals surface area contributed by atoms with Crippen LogP contribution in [0.15, 0.2) is 18.2 Å². The Hall–Kier alpha value is -1.46. The monoisotopic (exact) mass is 261 g/mol. The number of ether oxygens (including phenoxy) is 3. The fourth-order valence-corrected chi connectivity index (χ4v) is 1.31. The van der Waals surface area contributed by atoms with E-state index in [4.69, 9.17) is 15.2 Å². The second-order valence-electron chi connectivity index (χ2n) is 3.12. The van der Waals surface area contributed by atoms with Gasteiger partial charge >= 0.3 is 5.97 Å². The maximum Gasteiger partial charge on any atom is 0.327 e. The van der Waals surface area contributed by atoms with Crippen molar-refractivity contribution in [1.82, 2.24) is 0 Å². The number of carbonyl (C=O) groups is 1. The number of esters is 1. The van der Waals surface area contributed by atoms with Crippen molar-refractivity contribution in [1.29, 1.82) is 0 Å². The molecule has 0 aliphatic heterocycles. The van der Waals surface area contributed by atoms with Crippen LogP contribution >= 0.6 is 12.4 Å². The first-order valence-electron chi connectivity index (χ1n) is 4.69. The molecule has 6 heteroatoms. The topological polar surface area (TPSA) is 70.8 Å². The summed E-state index contributed by atoms with van der Waals surface area (Å²) in [5.41, 5.74) is 6.31. The summed E-state index contributed by atoms with van der Waals surface area (Å²) >= 11 is 0. The second kappa shape index (κ2) is 6.98. The third-order valence-electron chi connectivity index (χ3n) is 2.22. The molecule has 0 aromatic heterocycles. The van der Waals surface area contributed by atoms with E-state index >= 15 is 0 Å². The van der Waals surface area contributed by atoms with E-state index in [0.29, 0.717) is 17.1 Å². The van der Waals surface area contributed by atoms with Crippen molar-refractivity contribution in [2.45, 2.75) is 6.04 Å². The Morgan fingerprint density at radius 2 is 1.76 bits per heavy atom. The number of rotatable bonds is 4. The van der Waals surface area contributed by atoms with Crippen LogP contribution in [0.25, 0.3) is 0 Å². The number of benzene rings is 1. The van der Waals surface area contributed by atoms with E-state index < -0.39 is 12.0 Å². The number of halogens is 1. The molecule has 1 rings (SSSR count). The van der Waals surface area contributed by atoms with Crippen LogP contribution in [-0.4, -0.2) is 27.3 Å². The van der Waals surface area contributed by atoms with E-state index in [1.807, 2.05) is 0 Å². The summed E-state index contributed by atoms with van der Waals surface area (Å²) in [5, 5.41) is 0. The lowest BCUT2D eigenvalue weighted by Gasteiger charge is -2.13. The minimum absolute atomic E-state index is 0. The Balaban J connectivity index is 0.00000256. The maximum absolute atomic E-state index is 11.2. The van der Waals surface area contributed by atoms with Gasteiger partial charge in [-0.3, -0.25) is 4.79 Å². The van der Waals surface area contributed by atoms with Crippen LogP contribution in [0.2, 0.25) is 0 Å². The van der Waals surface area contributed by atoms with E-state index in [1.165, 1.54) is 21.3 Å². The lowest BCUT2D eigenvalue weighted by molar-refractivity contribution is -0.142. The van der Waals surface area contributed by atoms with Gasteiger partial charge in [0.05, 0.1) is 21.3 Å². The summed E-state index contributed by atoms with van der Waals surface area (Å²) in [7, 11) is 4.35. The van der Waals surface area contributed by atoms with Gasteiger partial charge in [0.1, 0.15) is 6.04 Å². The van der Waals surface area contributed by atoms with Crippen LogP contribution in [0, 0.1) is 0 Å². The zero-order valence-electron chi connectivity index (χ0n) is 9.93. The summed E-state index contributed by atoms with van der Waals surface area (Å²) in [4.78, 5) is 11.2. The summed E-state index contributed by atoms with van der Waals surface area (Å²) in [6, 6.07) is 4.23. The predicted octanol–water partition coefficient (Wildman–Crippen LogP) is 1.30. The highest BCUT2D eigenvalue weighted by Crippen LogP contribution is 2.29. The number of hydrogen-bond donors (Lipinski definition) is 1. The van der Waals surface area contributed by atoms with Crippen LogP contribution in [0.4, 0.5) is 0 Å². The molecule has 5 nitrogen and oxygen atoms in total. The van der Waals surface area contributed by atoms with Gasteiger partial charge < -0.3 is 19.9 Å². The van der Waals surface area contributed by atoms with Crippen molar-refractivity contribution in [3.8, 4) is 11.5 Å². The highest BCUT2D eigenvalue weighted by molar-refractivity contribution is 5.85. The molecule has 17 heavy (non-hydrogen) atoms. The Labute approximate surface area is 106 Å². The van der Waals surface area contributed by atoms with Crippen LogP contribution in [-0.2, 0) is 9.53 Å². The van der Waals surface area contributed by atoms with Crippen molar-refractivity contribution in [2.24, 2.45) is 5.73 Å². The van der Waals surface area contributed by atoms with Crippen molar-refractivity contribution < 1.29 is 19.0 Å². The molecule has 0 saturated heterocycles. The molecule has 0 aliphatic carbocycles. The molecular weight excluding hydrogens is 246 g/mol. The molecule has 96 valence electrons. The van der Waals surface area contributed by atoms with Gasteiger partial charge in [-0.25, -0.2) is 0 Å². The number of carbonyl (C=O) groups excluding carboxylic acids is 1. The first kappa shape index (κ1) is 15.5. The van der Waals surface area contributed by atoms with E-state index in [1.54, 1.807) is 18.2 Å². The second-order valence-corrected chi connectivity index (χ2v) is 3.12. The molecule has 0 saturated carbocycles. The van der Waals surface area contributed by atoms with Gasteiger partial charge in [0.15, 0.2) is 11.5 Å². The Bertz CT molecular complexity index is 384. The summed E-state index contributed by atoms with van der Waals surface area (Å²) in [6.45, 7) is 0. The van der Waals surface area contributed by atoms with Gasteiger partial charge in [-0.15, -0.1) is 12.4 Å². The van der Waals surface area contributed by atoms with Gasteiger partial charge in [-0.05, 0) is 17.7 Å². The minimum atomic E-state index is -0.815. The van der Waals surface area contributed by atoms with Gasteiger partial charge in [0, 0.05) is 0 Å². The zero-order chi connectivity index (χ0) is 12.1. The third-order valence-corrected chi connectivity index (χ3v) is 2.22. The fraction of sp³-hybridized carbons (Fsp3) is 0.364. The molecule has 1 atom stereocenters. The van der Waals surface area contributed by atoms with E-state index in [2.05, 4.69) is 4.74 Å². The number of methoxy groups -OCH3 is 3. The van der Waals surface area contributed by atoms with Crippen molar-refractivity contribution in [3.05, 3.63) is 23.8 Å². The van der Waals surface area contributed by atoms with Gasteiger partial charge in [-0.1, -0.05) is 6.07 Å². The maximum atomic E-state index is 11.2. The minimum Gasteiger partial charge on any atom is -0.493 e. The molecule has 0 fully saturated rings. The van der Waals surface area contributed by atoms with Gasteiger partial charge in [0.25, 0.3) is 0 Å². The number of nitrogens with two attached hydrogens (primary N) is 1. The largest absolute Gasteiger partial charge is 0.493 e. The highest BCUT2D eigenvalue weighted by Gasteiger charge is 2.17. The Morgan fingerprint density at radius 1 is 1.18 bits per heavy atom. The normalized spacial score (nSPS) is 11.1. The predicted molar refractivity (Wildman–Crippen MR) is 65.7 cm³/mol. The molecule has 1 aromatic rings. The third kappa shape index (κ3) is 3.51. The first-order chi connectivity index (χ1) is 7.63. The highest BCUT2D eigenvalue weighted by atomic mass is 35.5. The molecule has 0 heterocycles. The van der Waals surface area contributed by atoms with Crippen LogP contribution in [0.1, 0.15) is 11.6 Å². The standard InChI is InChI=1S/C11H15NO4.ClH/c1-14-8-5-4-7(6-9(8)15-2)10(12)11(13)16-3;/h4-6,10H,12H2,1-3H3;1H/t10-;/m0./s1. The summed E-state index contributed by atoms with van der Waals surface area (Å²) in [5.74, 6) is 0.620. The summed E-state index contributed by atoms with van der Waals surface area (Å²) in [6.07, 6.45) is 0. The molecule has 0 amide bonds. The van der Waals surface area contributed by atoms with E-state index in [9.17, 15) is 4.79 Å². The van der Waals surface area contributed by atoms with Gasteiger partial charge in [0.2, 0.25) is 0 Å². The lowest BCUT2D eigenvalue weighted by atomic mass is 10.1. The Kier molecular flexibility index (Phi) is 6.38. The average molecular weight is 262 g/mol. The molecule has 0 unspecified atom stereocenters. The van der Waals surface area contributed by atoms with Crippen molar-refractivity contribution >= 4 is 18.4 Å². The molecular formula is C11H16ClNO4. The lowest BCUT2D eigenvalue weighted by Crippen LogP contribution is -2.22. The molecule has 2 N–H and O–H groups in total. The molecule has 0 spiro atoms. The van der Waals surface area contributed by atoms with Crippen molar-refractivity contribution in [3.63, 3.8) is 0 Å². The quantitative estimate of drug-likeness (QED) is 0.827. The summed E-state index contributed by atoms with van der Waals surface area (Å²) < 4.78 is 14.7. The molecule has 0 aliphatic rings. The van der Waals surface area contributed by atoms with Crippen LogP contribution in [0.5, 0.6) is 11.5 Å². The molecule has 0 radical (unpaired) electrons. The Morgan fingerprint density at radius 3 is 2.24 bits per heavy atom. The van der Waals surface area contributed by atoms with Crippen molar-refractivity contribution in [2.75, 3.05) is 21.3 Å². The van der Waals surface area contributed by atoms with Crippen LogP contribution < -0.4 is 15.2 Å². The average Bonchev–Trinajstić information content (AvgIpc) is 2.35. The molecule has 1 aromatic carbocycles.